The zero-order chi connectivity index (χ0) is 10.7. The average molecular weight is 203 g/mol. The lowest BCUT2D eigenvalue weighted by Gasteiger charge is -2.06. The summed E-state index contributed by atoms with van der Waals surface area (Å²) < 4.78 is 38.3. The van der Waals surface area contributed by atoms with Crippen molar-refractivity contribution < 1.29 is 13.2 Å². The van der Waals surface area contributed by atoms with E-state index >= 15 is 0 Å². The minimum atomic E-state index is -1.16. The van der Waals surface area contributed by atoms with Crippen molar-refractivity contribution in [1.82, 2.24) is 0 Å². The first-order valence-electron chi connectivity index (χ1n) is 4.39. The van der Waals surface area contributed by atoms with Gasteiger partial charge < -0.3 is 5.73 Å². The van der Waals surface area contributed by atoms with Crippen LogP contribution in [0, 0.1) is 17.5 Å². The van der Waals surface area contributed by atoms with Crippen LogP contribution in [0.15, 0.2) is 12.1 Å². The number of halogens is 3. The molecule has 0 bridgehead atoms. The van der Waals surface area contributed by atoms with Gasteiger partial charge in [0, 0.05) is 12.1 Å². The molecule has 0 fully saturated rings. The maximum Gasteiger partial charge on any atom is 0.161 e. The molecule has 0 radical (unpaired) electrons. The summed E-state index contributed by atoms with van der Waals surface area (Å²) in [6.45, 7) is 1.78. The first-order chi connectivity index (χ1) is 6.50. The van der Waals surface area contributed by atoms with Gasteiger partial charge in [0.25, 0.3) is 0 Å². The number of nitrogens with two attached hydrogens (primary N) is 1. The van der Waals surface area contributed by atoms with Crippen molar-refractivity contribution in [3.63, 3.8) is 0 Å². The predicted molar refractivity (Wildman–Crippen MR) is 48.3 cm³/mol. The summed E-state index contributed by atoms with van der Waals surface area (Å²) in [5.74, 6) is -2.90. The number of aryl methyl sites for hydroxylation is 1. The van der Waals surface area contributed by atoms with Crippen molar-refractivity contribution in [1.29, 1.82) is 0 Å². The van der Waals surface area contributed by atoms with Gasteiger partial charge in [-0.25, -0.2) is 13.2 Å². The zero-order valence-electron chi connectivity index (χ0n) is 7.86. The zero-order valence-corrected chi connectivity index (χ0v) is 7.86. The van der Waals surface area contributed by atoms with E-state index in [2.05, 4.69) is 0 Å². The van der Waals surface area contributed by atoms with E-state index in [1.165, 1.54) is 0 Å². The minimum Gasteiger partial charge on any atom is -0.328 e. The Labute approximate surface area is 80.7 Å². The molecule has 0 heterocycles. The molecule has 4 heteroatoms. The fourth-order valence-corrected chi connectivity index (χ4v) is 1.14. The van der Waals surface area contributed by atoms with Gasteiger partial charge in [-0.1, -0.05) is 0 Å². The smallest absolute Gasteiger partial charge is 0.161 e. The van der Waals surface area contributed by atoms with Crippen molar-refractivity contribution >= 4 is 0 Å². The summed E-state index contributed by atoms with van der Waals surface area (Å²) in [4.78, 5) is 0. The Morgan fingerprint density at radius 2 is 1.71 bits per heavy atom. The molecule has 78 valence electrons. The lowest BCUT2D eigenvalue weighted by Crippen LogP contribution is -2.15. The molecule has 0 unspecified atom stereocenters. The standard InChI is InChI=1S/C10H12F3N/c1-6(14)2-3-7-4-9(12)10(13)5-8(7)11/h4-6H,2-3,14H2,1H3/t6-/m1/s1. The van der Waals surface area contributed by atoms with Crippen LogP contribution in [0.3, 0.4) is 0 Å². The number of rotatable bonds is 3. The molecule has 0 aliphatic heterocycles. The normalized spacial score (nSPS) is 12.9. The molecule has 0 saturated heterocycles. The van der Waals surface area contributed by atoms with E-state index in [1.54, 1.807) is 6.92 Å². The molecular formula is C10H12F3N. The summed E-state index contributed by atoms with van der Waals surface area (Å²) >= 11 is 0. The second-order valence-corrected chi connectivity index (χ2v) is 3.37. The second kappa shape index (κ2) is 4.46. The SMILES string of the molecule is C[C@@H](N)CCc1cc(F)c(F)cc1F. The fourth-order valence-electron chi connectivity index (χ4n) is 1.14. The summed E-state index contributed by atoms with van der Waals surface area (Å²) in [6.07, 6.45) is 0.864. The summed E-state index contributed by atoms with van der Waals surface area (Å²) in [5, 5.41) is 0. The highest BCUT2D eigenvalue weighted by molar-refractivity contribution is 5.20. The third-order valence-electron chi connectivity index (χ3n) is 1.96. The second-order valence-electron chi connectivity index (χ2n) is 3.37. The number of benzene rings is 1. The quantitative estimate of drug-likeness (QED) is 0.750. The van der Waals surface area contributed by atoms with E-state index in [0.717, 1.165) is 6.07 Å². The van der Waals surface area contributed by atoms with Gasteiger partial charge in [-0.3, -0.25) is 0 Å². The third kappa shape index (κ3) is 2.73. The van der Waals surface area contributed by atoms with Gasteiger partial charge in [0.2, 0.25) is 0 Å². The molecule has 0 amide bonds. The van der Waals surface area contributed by atoms with Gasteiger partial charge in [-0.15, -0.1) is 0 Å². The van der Waals surface area contributed by atoms with Crippen LogP contribution in [0.2, 0.25) is 0 Å². The van der Waals surface area contributed by atoms with Crippen LogP contribution in [0.4, 0.5) is 13.2 Å². The molecule has 0 aliphatic rings. The highest BCUT2D eigenvalue weighted by Gasteiger charge is 2.09. The monoisotopic (exact) mass is 203 g/mol. The van der Waals surface area contributed by atoms with Gasteiger partial charge in [-0.2, -0.15) is 0 Å². The van der Waals surface area contributed by atoms with Crippen molar-refractivity contribution in [3.8, 4) is 0 Å². The number of hydrogen-bond acceptors (Lipinski definition) is 1. The summed E-state index contributed by atoms with van der Waals surface area (Å²) in [5.41, 5.74) is 5.64. The fraction of sp³-hybridized carbons (Fsp3) is 0.400. The Balaban J connectivity index is 2.82. The molecule has 1 rings (SSSR count). The van der Waals surface area contributed by atoms with Gasteiger partial charge >= 0.3 is 0 Å². The van der Waals surface area contributed by atoms with E-state index < -0.39 is 17.5 Å². The van der Waals surface area contributed by atoms with Crippen molar-refractivity contribution in [2.45, 2.75) is 25.8 Å². The lowest BCUT2D eigenvalue weighted by atomic mass is 10.1. The molecule has 0 spiro atoms. The van der Waals surface area contributed by atoms with Crippen LogP contribution >= 0.6 is 0 Å². The molecule has 2 N–H and O–H groups in total. The van der Waals surface area contributed by atoms with Crippen LogP contribution in [0.25, 0.3) is 0 Å². The maximum atomic E-state index is 13.0. The van der Waals surface area contributed by atoms with E-state index in [1.807, 2.05) is 0 Å². The van der Waals surface area contributed by atoms with Crippen molar-refractivity contribution in [3.05, 3.63) is 35.1 Å². The average Bonchev–Trinajstić information content (AvgIpc) is 2.09. The molecule has 14 heavy (non-hydrogen) atoms. The minimum absolute atomic E-state index is 0.0810. The van der Waals surface area contributed by atoms with Gasteiger partial charge in [0.1, 0.15) is 5.82 Å². The first kappa shape index (κ1) is 11.0. The van der Waals surface area contributed by atoms with Crippen LogP contribution in [0.1, 0.15) is 18.9 Å². The summed E-state index contributed by atoms with van der Waals surface area (Å²) in [6, 6.07) is 1.36. The van der Waals surface area contributed by atoms with E-state index in [-0.39, 0.29) is 11.6 Å². The molecule has 0 aromatic heterocycles. The molecular weight excluding hydrogens is 191 g/mol. The molecule has 0 aliphatic carbocycles. The molecule has 1 aromatic rings. The molecule has 1 aromatic carbocycles. The van der Waals surface area contributed by atoms with Crippen LogP contribution < -0.4 is 5.73 Å². The largest absolute Gasteiger partial charge is 0.328 e. The maximum absolute atomic E-state index is 13.0. The highest BCUT2D eigenvalue weighted by atomic mass is 19.2. The third-order valence-corrected chi connectivity index (χ3v) is 1.96. The van der Waals surface area contributed by atoms with Gasteiger partial charge in [-0.05, 0) is 31.4 Å². The van der Waals surface area contributed by atoms with Crippen molar-refractivity contribution in [2.75, 3.05) is 0 Å². The van der Waals surface area contributed by atoms with Crippen molar-refractivity contribution in [2.24, 2.45) is 5.73 Å². The van der Waals surface area contributed by atoms with Gasteiger partial charge in [0.15, 0.2) is 11.6 Å². The molecule has 1 nitrogen and oxygen atoms in total. The Morgan fingerprint density at radius 1 is 1.14 bits per heavy atom. The Hall–Kier alpha value is -1.03. The topological polar surface area (TPSA) is 26.0 Å². The van der Waals surface area contributed by atoms with Crippen LogP contribution in [-0.2, 0) is 6.42 Å². The van der Waals surface area contributed by atoms with Crippen LogP contribution in [0.5, 0.6) is 0 Å². The predicted octanol–water partition coefficient (Wildman–Crippen LogP) is 2.38. The summed E-state index contributed by atoms with van der Waals surface area (Å²) in [7, 11) is 0. The van der Waals surface area contributed by atoms with E-state index in [4.69, 9.17) is 5.73 Å². The highest BCUT2D eigenvalue weighted by Crippen LogP contribution is 2.15. The Bertz CT molecular complexity index is 323. The molecule has 1 atom stereocenters. The van der Waals surface area contributed by atoms with E-state index in [0.29, 0.717) is 18.9 Å². The van der Waals surface area contributed by atoms with E-state index in [9.17, 15) is 13.2 Å². The van der Waals surface area contributed by atoms with Gasteiger partial charge in [0.05, 0.1) is 0 Å². The molecule has 0 saturated carbocycles. The number of hydrogen-bond donors (Lipinski definition) is 1. The first-order valence-corrected chi connectivity index (χ1v) is 4.39. The Morgan fingerprint density at radius 3 is 2.29 bits per heavy atom. The lowest BCUT2D eigenvalue weighted by molar-refractivity contribution is 0.488. The van der Waals surface area contributed by atoms with Crippen LogP contribution in [-0.4, -0.2) is 6.04 Å². The Kier molecular flexibility index (Phi) is 3.52.